The van der Waals surface area contributed by atoms with E-state index in [0.29, 0.717) is 30.0 Å². The number of urea groups is 1. The van der Waals surface area contributed by atoms with E-state index in [9.17, 15) is 4.79 Å². The van der Waals surface area contributed by atoms with Crippen LogP contribution in [0.4, 0.5) is 16.4 Å². The van der Waals surface area contributed by atoms with Crippen molar-refractivity contribution in [2.24, 2.45) is 5.92 Å². The first-order valence-electron chi connectivity index (χ1n) is 8.96. The fourth-order valence-corrected chi connectivity index (χ4v) is 3.43. The van der Waals surface area contributed by atoms with Crippen molar-refractivity contribution in [1.29, 1.82) is 0 Å². The lowest BCUT2D eigenvalue weighted by Gasteiger charge is -2.32. The van der Waals surface area contributed by atoms with Crippen LogP contribution in [0, 0.1) is 5.92 Å². The van der Waals surface area contributed by atoms with E-state index in [1.165, 1.54) is 12.8 Å². The molecule has 1 N–H and O–H groups in total. The first kappa shape index (κ1) is 17.1. The summed E-state index contributed by atoms with van der Waals surface area (Å²) in [5.74, 6) is 1.25. The van der Waals surface area contributed by atoms with Crippen molar-refractivity contribution in [3.8, 4) is 0 Å². The Bertz CT molecular complexity index is 823. The van der Waals surface area contributed by atoms with E-state index < -0.39 is 0 Å². The van der Waals surface area contributed by atoms with Crippen LogP contribution in [0.2, 0.25) is 5.02 Å². The highest BCUT2D eigenvalue weighted by atomic mass is 35.5. The molecule has 1 saturated carbocycles. The molecule has 2 heterocycles. The summed E-state index contributed by atoms with van der Waals surface area (Å²) in [4.78, 5) is 25.3. The van der Waals surface area contributed by atoms with Gasteiger partial charge >= 0.3 is 6.03 Å². The number of hydrogen-bond acceptors (Lipinski definition) is 4. The number of carbonyl (C=O) groups excluding carboxylic acids is 1. The van der Waals surface area contributed by atoms with Gasteiger partial charge in [-0.1, -0.05) is 17.7 Å². The Hall–Kier alpha value is -2.34. The van der Waals surface area contributed by atoms with Gasteiger partial charge in [0.25, 0.3) is 0 Å². The Balaban J connectivity index is 1.42. The number of halogens is 1. The molecule has 0 bridgehead atoms. The molecule has 4 rings (SSSR count). The molecule has 1 aliphatic heterocycles. The maximum atomic E-state index is 12.6. The van der Waals surface area contributed by atoms with E-state index in [1.807, 2.05) is 47.3 Å². The number of fused-ring (bicyclic) bond motifs is 1. The fourth-order valence-electron chi connectivity index (χ4n) is 3.24. The largest absolute Gasteiger partial charge is 0.327 e. The molecule has 0 spiro atoms. The Kier molecular flexibility index (Phi) is 4.68. The van der Waals surface area contributed by atoms with Gasteiger partial charge in [-0.2, -0.15) is 0 Å². The number of benzene rings is 1. The van der Waals surface area contributed by atoms with Crippen LogP contribution in [-0.2, 0) is 13.0 Å². The van der Waals surface area contributed by atoms with Gasteiger partial charge in [0.1, 0.15) is 0 Å². The maximum absolute atomic E-state index is 12.6. The van der Waals surface area contributed by atoms with Crippen LogP contribution < -0.4 is 5.32 Å². The predicted molar refractivity (Wildman–Crippen MR) is 102 cm³/mol. The summed E-state index contributed by atoms with van der Waals surface area (Å²) < 4.78 is 0. The quantitative estimate of drug-likeness (QED) is 0.890. The van der Waals surface area contributed by atoms with Gasteiger partial charge in [-0.05, 0) is 37.0 Å². The molecule has 0 radical (unpaired) electrons. The van der Waals surface area contributed by atoms with Crippen molar-refractivity contribution < 1.29 is 4.79 Å². The van der Waals surface area contributed by atoms with Crippen LogP contribution in [0.3, 0.4) is 0 Å². The van der Waals surface area contributed by atoms with Gasteiger partial charge in [-0.25, -0.2) is 14.8 Å². The summed E-state index contributed by atoms with van der Waals surface area (Å²) in [6.07, 6.45) is 5.05. The van der Waals surface area contributed by atoms with Crippen LogP contribution in [0.15, 0.2) is 30.5 Å². The number of nitrogens with one attached hydrogen (secondary N) is 1. The number of nitrogens with zero attached hydrogens (tertiary/aromatic N) is 4. The zero-order chi connectivity index (χ0) is 18.1. The summed E-state index contributed by atoms with van der Waals surface area (Å²) in [6, 6.07) is 7.56. The molecule has 7 heteroatoms. The highest BCUT2D eigenvalue weighted by Crippen LogP contribution is 2.30. The Morgan fingerprint density at radius 2 is 2.27 bits per heavy atom. The van der Waals surface area contributed by atoms with Crippen molar-refractivity contribution in [3.05, 3.63) is 46.7 Å². The fraction of sp³-hybridized carbons (Fsp3) is 0.421. The lowest BCUT2D eigenvalue weighted by molar-refractivity contribution is 0.155. The van der Waals surface area contributed by atoms with Crippen molar-refractivity contribution in [1.82, 2.24) is 19.8 Å². The van der Waals surface area contributed by atoms with E-state index in [4.69, 9.17) is 11.6 Å². The number of carbonyl (C=O) groups is 1. The van der Waals surface area contributed by atoms with Crippen LogP contribution in [-0.4, -0.2) is 45.9 Å². The minimum Gasteiger partial charge on any atom is -0.327 e. The van der Waals surface area contributed by atoms with Crippen molar-refractivity contribution >= 4 is 29.3 Å². The zero-order valence-electron chi connectivity index (χ0n) is 14.8. The smallest absolute Gasteiger partial charge is 0.320 e. The SMILES string of the molecule is CN(CC1CC1)C(=O)N1CCc2nc(Nc3cccc(Cl)c3)ncc2C1. The standard InChI is InChI=1S/C19H22ClN5O/c1-24(11-13-5-6-13)19(26)25-8-7-17-14(12-25)10-21-18(23-17)22-16-4-2-3-15(20)9-16/h2-4,9-10,13H,5-8,11-12H2,1H3,(H,21,22,23). The normalized spacial score (nSPS) is 16.2. The molecule has 1 aliphatic carbocycles. The predicted octanol–water partition coefficient (Wildman–Crippen LogP) is 3.69. The van der Waals surface area contributed by atoms with Crippen LogP contribution >= 0.6 is 11.6 Å². The van der Waals surface area contributed by atoms with Gasteiger partial charge in [-0.3, -0.25) is 0 Å². The molecular weight excluding hydrogens is 350 g/mol. The second kappa shape index (κ2) is 7.11. The summed E-state index contributed by atoms with van der Waals surface area (Å²) in [5.41, 5.74) is 2.87. The maximum Gasteiger partial charge on any atom is 0.320 e. The van der Waals surface area contributed by atoms with Crippen LogP contribution in [0.5, 0.6) is 0 Å². The number of amides is 2. The van der Waals surface area contributed by atoms with Gasteiger partial charge < -0.3 is 15.1 Å². The number of rotatable bonds is 4. The first-order chi connectivity index (χ1) is 12.6. The summed E-state index contributed by atoms with van der Waals surface area (Å²) in [6.45, 7) is 2.12. The lowest BCUT2D eigenvalue weighted by Crippen LogP contribution is -2.44. The third-order valence-electron chi connectivity index (χ3n) is 4.84. The topological polar surface area (TPSA) is 61.4 Å². The summed E-state index contributed by atoms with van der Waals surface area (Å²) >= 11 is 6.01. The summed E-state index contributed by atoms with van der Waals surface area (Å²) in [7, 11) is 1.89. The summed E-state index contributed by atoms with van der Waals surface area (Å²) in [5, 5.41) is 3.84. The highest BCUT2D eigenvalue weighted by molar-refractivity contribution is 6.30. The zero-order valence-corrected chi connectivity index (χ0v) is 15.5. The van der Waals surface area contributed by atoms with Crippen LogP contribution in [0.1, 0.15) is 24.1 Å². The molecule has 1 aromatic carbocycles. The Morgan fingerprint density at radius 1 is 1.42 bits per heavy atom. The number of anilines is 2. The average Bonchev–Trinajstić information content (AvgIpc) is 3.44. The van der Waals surface area contributed by atoms with E-state index in [0.717, 1.165) is 29.9 Å². The molecule has 0 unspecified atom stereocenters. The molecule has 2 amide bonds. The second-order valence-corrected chi connectivity index (χ2v) is 7.52. The molecule has 26 heavy (non-hydrogen) atoms. The minimum absolute atomic E-state index is 0.101. The van der Waals surface area contributed by atoms with Gasteiger partial charge in [-0.15, -0.1) is 0 Å². The van der Waals surface area contributed by atoms with E-state index >= 15 is 0 Å². The molecule has 0 atom stereocenters. The van der Waals surface area contributed by atoms with Gasteiger partial charge in [0, 0.05) is 49.0 Å². The van der Waals surface area contributed by atoms with Crippen molar-refractivity contribution in [2.75, 3.05) is 25.5 Å². The number of hydrogen-bond donors (Lipinski definition) is 1. The molecule has 2 aromatic rings. The lowest BCUT2D eigenvalue weighted by atomic mass is 10.1. The van der Waals surface area contributed by atoms with Gasteiger partial charge in [0.05, 0.1) is 12.2 Å². The number of aromatic nitrogens is 2. The Labute approximate surface area is 158 Å². The molecule has 136 valence electrons. The molecule has 2 aliphatic rings. The molecule has 1 fully saturated rings. The molecule has 1 aromatic heterocycles. The average molecular weight is 372 g/mol. The van der Waals surface area contributed by atoms with Crippen LogP contribution in [0.25, 0.3) is 0 Å². The minimum atomic E-state index is 0.101. The molecule has 6 nitrogen and oxygen atoms in total. The monoisotopic (exact) mass is 371 g/mol. The third-order valence-corrected chi connectivity index (χ3v) is 5.08. The van der Waals surface area contributed by atoms with Crippen molar-refractivity contribution in [3.63, 3.8) is 0 Å². The van der Waals surface area contributed by atoms with E-state index in [2.05, 4.69) is 15.3 Å². The Morgan fingerprint density at radius 3 is 3.04 bits per heavy atom. The highest BCUT2D eigenvalue weighted by Gasteiger charge is 2.29. The van der Waals surface area contributed by atoms with Crippen molar-refractivity contribution in [2.45, 2.75) is 25.8 Å². The van der Waals surface area contributed by atoms with E-state index in [1.54, 1.807) is 0 Å². The van der Waals surface area contributed by atoms with E-state index in [-0.39, 0.29) is 6.03 Å². The third kappa shape index (κ3) is 3.90. The molecule has 0 saturated heterocycles. The second-order valence-electron chi connectivity index (χ2n) is 7.08. The van der Waals surface area contributed by atoms with Gasteiger partial charge in [0.2, 0.25) is 5.95 Å². The molecular formula is C19H22ClN5O. The van der Waals surface area contributed by atoms with Gasteiger partial charge in [0.15, 0.2) is 0 Å². The first-order valence-corrected chi connectivity index (χ1v) is 9.34.